The summed E-state index contributed by atoms with van der Waals surface area (Å²) < 4.78 is 12.7. The molecule has 0 aliphatic carbocycles. The summed E-state index contributed by atoms with van der Waals surface area (Å²) in [6, 6.07) is 6.66. The van der Waals surface area contributed by atoms with Gasteiger partial charge >= 0.3 is 0 Å². The fourth-order valence-corrected chi connectivity index (χ4v) is 1.34. The Bertz CT molecular complexity index is 311. The Kier molecular flexibility index (Phi) is 4.48. The molecule has 0 fully saturated rings. The van der Waals surface area contributed by atoms with Crippen molar-refractivity contribution in [3.05, 3.63) is 35.6 Å². The van der Waals surface area contributed by atoms with Gasteiger partial charge in [0.2, 0.25) is 0 Å². The minimum atomic E-state index is -0.174. The molecule has 0 aliphatic heterocycles. The average Bonchev–Trinajstić information content (AvgIpc) is 2.19. The summed E-state index contributed by atoms with van der Waals surface area (Å²) in [7, 11) is 0. The first-order chi connectivity index (χ1) is 7.39. The molecule has 0 radical (unpaired) electrons. The molecule has 0 saturated heterocycles. The van der Waals surface area contributed by atoms with Crippen LogP contribution in [0.2, 0.25) is 0 Å². The molecule has 1 aromatic rings. The Hall–Kier alpha value is -0.890. The zero-order chi connectivity index (χ0) is 12.2. The van der Waals surface area contributed by atoms with Crippen molar-refractivity contribution >= 4 is 0 Å². The molecule has 90 valence electrons. The molecule has 0 heterocycles. The van der Waals surface area contributed by atoms with Gasteiger partial charge in [0.25, 0.3) is 0 Å². The van der Waals surface area contributed by atoms with Crippen molar-refractivity contribution in [2.24, 2.45) is 11.3 Å². The predicted molar refractivity (Wildman–Crippen MR) is 66.7 cm³/mol. The van der Waals surface area contributed by atoms with Gasteiger partial charge in [-0.05, 0) is 35.6 Å². The Morgan fingerprint density at radius 1 is 1.19 bits per heavy atom. The molecule has 16 heavy (non-hydrogen) atoms. The van der Waals surface area contributed by atoms with E-state index in [2.05, 4.69) is 33.0 Å². The average molecular weight is 223 g/mol. The van der Waals surface area contributed by atoms with Crippen molar-refractivity contribution in [1.82, 2.24) is 5.32 Å². The number of benzene rings is 1. The highest BCUT2D eigenvalue weighted by Gasteiger charge is 2.18. The quantitative estimate of drug-likeness (QED) is 0.822. The zero-order valence-corrected chi connectivity index (χ0v) is 10.7. The summed E-state index contributed by atoms with van der Waals surface area (Å²) in [5, 5.41) is 3.41. The van der Waals surface area contributed by atoms with Crippen LogP contribution in [0, 0.1) is 17.2 Å². The van der Waals surface area contributed by atoms with Crippen LogP contribution in [-0.2, 0) is 6.54 Å². The lowest BCUT2D eigenvalue weighted by Crippen LogP contribution is -2.29. The van der Waals surface area contributed by atoms with Crippen molar-refractivity contribution in [3.8, 4) is 0 Å². The molecule has 0 spiro atoms. The van der Waals surface area contributed by atoms with E-state index in [-0.39, 0.29) is 5.82 Å². The monoisotopic (exact) mass is 223 g/mol. The number of halogens is 1. The Morgan fingerprint density at radius 3 is 2.25 bits per heavy atom. The molecule has 1 unspecified atom stereocenters. The van der Waals surface area contributed by atoms with Gasteiger partial charge < -0.3 is 5.32 Å². The number of hydrogen-bond donors (Lipinski definition) is 1. The molecule has 0 amide bonds. The highest BCUT2D eigenvalue weighted by atomic mass is 19.1. The van der Waals surface area contributed by atoms with Crippen molar-refractivity contribution in [2.75, 3.05) is 6.54 Å². The summed E-state index contributed by atoms with van der Waals surface area (Å²) in [6.45, 7) is 10.8. The molecule has 1 atom stereocenters. The lowest BCUT2D eigenvalue weighted by atomic mass is 9.82. The van der Waals surface area contributed by atoms with E-state index in [0.717, 1.165) is 18.7 Å². The van der Waals surface area contributed by atoms with Crippen LogP contribution in [0.5, 0.6) is 0 Å². The highest BCUT2D eigenvalue weighted by Crippen LogP contribution is 2.24. The standard InChI is InChI=1S/C14H22FN/c1-11(14(2,3)4)9-16-10-12-5-7-13(15)8-6-12/h5-8,11,16H,9-10H2,1-4H3. The van der Waals surface area contributed by atoms with Gasteiger partial charge in [-0.1, -0.05) is 39.8 Å². The molecule has 1 nitrogen and oxygen atoms in total. The van der Waals surface area contributed by atoms with E-state index in [1.807, 2.05) is 12.1 Å². The third-order valence-corrected chi connectivity index (χ3v) is 3.17. The van der Waals surface area contributed by atoms with Crippen LogP contribution in [0.15, 0.2) is 24.3 Å². The fourth-order valence-electron chi connectivity index (χ4n) is 1.34. The third-order valence-electron chi connectivity index (χ3n) is 3.17. The summed E-state index contributed by atoms with van der Waals surface area (Å²) >= 11 is 0. The fraction of sp³-hybridized carbons (Fsp3) is 0.571. The minimum Gasteiger partial charge on any atom is -0.312 e. The van der Waals surface area contributed by atoms with E-state index in [4.69, 9.17) is 0 Å². The Labute approximate surface area is 98.1 Å². The molecule has 1 aromatic carbocycles. The molecule has 0 bridgehead atoms. The zero-order valence-electron chi connectivity index (χ0n) is 10.7. The summed E-state index contributed by atoms with van der Waals surface area (Å²) in [6.07, 6.45) is 0. The second kappa shape index (κ2) is 5.44. The summed E-state index contributed by atoms with van der Waals surface area (Å²) in [5.41, 5.74) is 1.46. The maximum atomic E-state index is 12.7. The summed E-state index contributed by atoms with van der Waals surface area (Å²) in [4.78, 5) is 0. The van der Waals surface area contributed by atoms with Crippen LogP contribution in [0.3, 0.4) is 0 Å². The number of rotatable bonds is 4. The molecule has 0 aromatic heterocycles. The van der Waals surface area contributed by atoms with Gasteiger partial charge in [0, 0.05) is 6.54 Å². The highest BCUT2D eigenvalue weighted by molar-refractivity contribution is 5.15. The molecular formula is C14H22FN. The van der Waals surface area contributed by atoms with Gasteiger partial charge in [-0.25, -0.2) is 4.39 Å². The van der Waals surface area contributed by atoms with Crippen LogP contribution < -0.4 is 5.32 Å². The third kappa shape index (κ3) is 4.31. The first-order valence-corrected chi connectivity index (χ1v) is 5.85. The van der Waals surface area contributed by atoms with Gasteiger partial charge in [0.1, 0.15) is 5.82 Å². The van der Waals surface area contributed by atoms with Crippen molar-refractivity contribution < 1.29 is 4.39 Å². The minimum absolute atomic E-state index is 0.174. The maximum absolute atomic E-state index is 12.7. The second-order valence-corrected chi connectivity index (χ2v) is 5.52. The first kappa shape index (κ1) is 13.2. The van der Waals surface area contributed by atoms with Crippen LogP contribution >= 0.6 is 0 Å². The first-order valence-electron chi connectivity index (χ1n) is 5.85. The van der Waals surface area contributed by atoms with Gasteiger partial charge in [-0.2, -0.15) is 0 Å². The predicted octanol–water partition coefficient (Wildman–Crippen LogP) is 3.60. The Morgan fingerprint density at radius 2 is 1.75 bits per heavy atom. The van der Waals surface area contributed by atoms with E-state index in [1.165, 1.54) is 12.1 Å². The van der Waals surface area contributed by atoms with Crippen LogP contribution in [-0.4, -0.2) is 6.54 Å². The number of nitrogens with one attached hydrogen (secondary N) is 1. The van der Waals surface area contributed by atoms with Crippen LogP contribution in [0.25, 0.3) is 0 Å². The lowest BCUT2D eigenvalue weighted by Gasteiger charge is -2.27. The van der Waals surface area contributed by atoms with Crippen molar-refractivity contribution in [1.29, 1.82) is 0 Å². The Balaban J connectivity index is 2.33. The van der Waals surface area contributed by atoms with E-state index >= 15 is 0 Å². The maximum Gasteiger partial charge on any atom is 0.123 e. The van der Waals surface area contributed by atoms with Gasteiger partial charge in [0.15, 0.2) is 0 Å². The van der Waals surface area contributed by atoms with Crippen molar-refractivity contribution in [2.45, 2.75) is 34.2 Å². The van der Waals surface area contributed by atoms with Crippen LogP contribution in [0.1, 0.15) is 33.3 Å². The van der Waals surface area contributed by atoms with E-state index in [9.17, 15) is 4.39 Å². The van der Waals surface area contributed by atoms with Gasteiger partial charge in [-0.15, -0.1) is 0 Å². The molecule has 0 aliphatic rings. The van der Waals surface area contributed by atoms with E-state index < -0.39 is 0 Å². The lowest BCUT2D eigenvalue weighted by molar-refractivity contribution is 0.252. The molecule has 2 heteroatoms. The SMILES string of the molecule is CC(CNCc1ccc(F)cc1)C(C)(C)C. The summed E-state index contributed by atoms with van der Waals surface area (Å²) in [5.74, 6) is 0.444. The molecule has 1 rings (SSSR count). The smallest absolute Gasteiger partial charge is 0.123 e. The topological polar surface area (TPSA) is 12.0 Å². The van der Waals surface area contributed by atoms with Crippen molar-refractivity contribution in [3.63, 3.8) is 0 Å². The van der Waals surface area contributed by atoms with Crippen LogP contribution in [0.4, 0.5) is 4.39 Å². The largest absolute Gasteiger partial charge is 0.312 e. The normalized spacial score (nSPS) is 13.8. The van der Waals surface area contributed by atoms with E-state index in [0.29, 0.717) is 11.3 Å². The van der Waals surface area contributed by atoms with Gasteiger partial charge in [0.05, 0.1) is 0 Å². The van der Waals surface area contributed by atoms with Gasteiger partial charge in [-0.3, -0.25) is 0 Å². The molecular weight excluding hydrogens is 201 g/mol. The molecule has 0 saturated carbocycles. The van der Waals surface area contributed by atoms with E-state index in [1.54, 1.807) is 0 Å². The second-order valence-electron chi connectivity index (χ2n) is 5.52. The molecule has 1 N–H and O–H groups in total. The number of hydrogen-bond acceptors (Lipinski definition) is 1.